The lowest BCUT2D eigenvalue weighted by atomic mass is 9.93. The third-order valence-electron chi connectivity index (χ3n) is 6.78. The van der Waals surface area contributed by atoms with Crippen LogP contribution in [-0.2, 0) is 6.54 Å². The predicted molar refractivity (Wildman–Crippen MR) is 145 cm³/mol. The number of anilines is 4. The minimum Gasteiger partial charge on any atom is -0.397 e. The summed E-state index contributed by atoms with van der Waals surface area (Å²) in [5.41, 5.74) is 16.3. The zero-order valence-electron chi connectivity index (χ0n) is 20.5. The number of aliphatic imine (C=N–C) groups is 1. The quantitative estimate of drug-likeness (QED) is 0.305. The number of pyridine rings is 1. The van der Waals surface area contributed by atoms with Gasteiger partial charge in [0, 0.05) is 38.3 Å². The fourth-order valence-corrected chi connectivity index (χ4v) is 4.90. The number of nitrogens with zero attached hydrogens (tertiary/aromatic N) is 7. The summed E-state index contributed by atoms with van der Waals surface area (Å²) in [7, 11) is 0. The number of nitrogens with one attached hydrogen (secondary N) is 2. The van der Waals surface area contributed by atoms with Gasteiger partial charge < -0.3 is 21.7 Å². The minimum atomic E-state index is -0.703. The number of guanidine groups is 1. The van der Waals surface area contributed by atoms with Crippen LogP contribution in [0, 0.1) is 34.1 Å². The predicted octanol–water partition coefficient (Wildman–Crippen LogP) is 2.25. The average Bonchev–Trinajstić information content (AvgIpc) is 2.93. The van der Waals surface area contributed by atoms with Crippen molar-refractivity contribution < 1.29 is 0 Å². The monoisotopic (exact) mass is 503 g/mol. The van der Waals surface area contributed by atoms with E-state index in [2.05, 4.69) is 60.7 Å². The van der Waals surface area contributed by atoms with Gasteiger partial charge >= 0.3 is 0 Å². The second-order valence-electron chi connectivity index (χ2n) is 9.04. The molecule has 0 saturated carbocycles. The highest BCUT2D eigenvalue weighted by Gasteiger charge is 2.30. The Kier molecular flexibility index (Phi) is 6.65. The van der Waals surface area contributed by atoms with Gasteiger partial charge in [-0.3, -0.25) is 10.2 Å². The maximum Gasteiger partial charge on any atom is 0.211 e. The number of aromatic nitrogens is 1. The van der Waals surface area contributed by atoms with E-state index < -0.39 is 6.04 Å². The zero-order chi connectivity index (χ0) is 26.6. The molecule has 0 amide bonds. The summed E-state index contributed by atoms with van der Waals surface area (Å²) in [6.07, 6.45) is 1.84. The van der Waals surface area contributed by atoms with E-state index in [9.17, 15) is 10.5 Å². The van der Waals surface area contributed by atoms with Gasteiger partial charge in [-0.25, -0.2) is 9.98 Å². The second kappa shape index (κ2) is 10.4. The number of rotatable bonds is 4. The van der Waals surface area contributed by atoms with Crippen LogP contribution in [-0.4, -0.2) is 42.0 Å². The molecule has 11 nitrogen and oxygen atoms in total. The highest BCUT2D eigenvalue weighted by Crippen LogP contribution is 2.41. The number of piperazine rings is 1. The van der Waals surface area contributed by atoms with Crippen molar-refractivity contribution >= 4 is 29.0 Å². The molecular weight excluding hydrogens is 478 g/mol. The molecule has 2 aliphatic rings. The Morgan fingerprint density at radius 2 is 1.76 bits per heavy atom. The number of nitrogens with two attached hydrogens (primary N) is 2. The van der Waals surface area contributed by atoms with Gasteiger partial charge in [0.25, 0.3) is 0 Å². The lowest BCUT2D eigenvalue weighted by molar-refractivity contribution is 0.250. The van der Waals surface area contributed by atoms with E-state index in [0.717, 1.165) is 38.4 Å². The van der Waals surface area contributed by atoms with Gasteiger partial charge in [-0.05, 0) is 23.3 Å². The Morgan fingerprint density at radius 1 is 1.00 bits per heavy atom. The maximum absolute atomic E-state index is 10.0. The number of nitriles is 3. The molecule has 6 N–H and O–H groups in total. The summed E-state index contributed by atoms with van der Waals surface area (Å²) in [5, 5.41) is 34.1. The fourth-order valence-electron chi connectivity index (χ4n) is 4.90. The van der Waals surface area contributed by atoms with Crippen LogP contribution in [0.4, 0.5) is 23.0 Å². The first-order valence-electron chi connectivity index (χ1n) is 12.1. The number of fused-ring (bicyclic) bond motifs is 1. The normalized spacial score (nSPS) is 16.7. The summed E-state index contributed by atoms with van der Waals surface area (Å²) in [6.45, 7) is 4.27. The molecule has 3 heterocycles. The number of hydrogen-bond acceptors (Lipinski definition) is 11. The number of hydrogen-bond donors (Lipinski definition) is 4. The molecule has 0 bridgehead atoms. The first kappa shape index (κ1) is 24.4. The molecule has 1 unspecified atom stereocenters. The van der Waals surface area contributed by atoms with Gasteiger partial charge in [0.05, 0.1) is 16.9 Å². The molecule has 0 spiro atoms. The Balaban J connectivity index is 1.43. The highest BCUT2D eigenvalue weighted by atomic mass is 15.3. The van der Waals surface area contributed by atoms with Crippen LogP contribution >= 0.6 is 0 Å². The van der Waals surface area contributed by atoms with Gasteiger partial charge in [0.2, 0.25) is 5.96 Å². The maximum atomic E-state index is 10.0. The minimum absolute atomic E-state index is 0.0207. The van der Waals surface area contributed by atoms with Crippen molar-refractivity contribution in [2.45, 2.75) is 12.6 Å². The Labute approximate surface area is 220 Å². The molecule has 11 heteroatoms. The van der Waals surface area contributed by atoms with Crippen molar-refractivity contribution in [3.8, 4) is 18.3 Å². The number of benzene rings is 2. The van der Waals surface area contributed by atoms with Crippen molar-refractivity contribution in [1.82, 2.24) is 15.2 Å². The zero-order valence-corrected chi connectivity index (χ0v) is 20.5. The van der Waals surface area contributed by atoms with Gasteiger partial charge in [-0.2, -0.15) is 15.8 Å². The molecule has 3 aromatic rings. The lowest BCUT2D eigenvalue weighted by Gasteiger charge is -2.36. The van der Waals surface area contributed by atoms with Crippen LogP contribution in [0.5, 0.6) is 0 Å². The van der Waals surface area contributed by atoms with Crippen molar-refractivity contribution in [3.05, 3.63) is 76.3 Å². The van der Waals surface area contributed by atoms with Gasteiger partial charge in [0.1, 0.15) is 35.4 Å². The summed E-state index contributed by atoms with van der Waals surface area (Å²) >= 11 is 0. The summed E-state index contributed by atoms with van der Waals surface area (Å²) < 4.78 is 0. The molecule has 188 valence electrons. The molecule has 2 aromatic carbocycles. The van der Waals surface area contributed by atoms with Crippen LogP contribution in [0.15, 0.2) is 53.5 Å². The first-order chi connectivity index (χ1) is 18.5. The molecule has 0 radical (unpaired) electrons. The van der Waals surface area contributed by atoms with E-state index in [1.54, 1.807) is 6.07 Å². The van der Waals surface area contributed by atoms with Crippen LogP contribution in [0.25, 0.3) is 0 Å². The molecule has 1 saturated heterocycles. The SMILES string of the molecule is N#CNC1=NC(c2ccc(N3CCN(Cc4ccccc4)CC3)c(C#N)c2)c2c(nc(N)c(C#N)c2N)N1. The second-order valence-corrected chi connectivity index (χ2v) is 9.04. The van der Waals surface area contributed by atoms with Crippen molar-refractivity contribution in [1.29, 1.82) is 15.8 Å². The van der Waals surface area contributed by atoms with Crippen LogP contribution < -0.4 is 27.0 Å². The first-order valence-corrected chi connectivity index (χ1v) is 12.1. The van der Waals surface area contributed by atoms with E-state index in [0.29, 0.717) is 22.5 Å². The van der Waals surface area contributed by atoms with E-state index in [1.807, 2.05) is 30.5 Å². The molecule has 1 atom stereocenters. The van der Waals surface area contributed by atoms with Crippen LogP contribution in [0.2, 0.25) is 0 Å². The molecule has 1 fully saturated rings. The Morgan fingerprint density at radius 3 is 2.45 bits per heavy atom. The summed E-state index contributed by atoms with van der Waals surface area (Å²) in [6, 6.07) is 19.6. The topological polar surface area (TPSA) is 179 Å². The standard InChI is InChI=1S/C27H25N11/c28-13-19-12-18(6-7-21(19)38-10-8-37(9-11-38)15-17-4-2-1-3-5-17)24-22-23(31)20(14-29)25(32)35-26(22)36-27(34-24)33-16-30/h1-7,12,24H,8-11,15H2,(H6,31,32,33,34,35,36). The van der Waals surface area contributed by atoms with E-state index >= 15 is 0 Å². The third-order valence-corrected chi connectivity index (χ3v) is 6.78. The Hall–Kier alpha value is -5.31. The van der Waals surface area contributed by atoms with Crippen molar-refractivity contribution in [2.24, 2.45) is 4.99 Å². The Bertz CT molecular complexity index is 1520. The van der Waals surface area contributed by atoms with Gasteiger partial charge in [0.15, 0.2) is 6.19 Å². The lowest BCUT2D eigenvalue weighted by Crippen LogP contribution is -2.46. The smallest absolute Gasteiger partial charge is 0.211 e. The van der Waals surface area contributed by atoms with E-state index in [-0.39, 0.29) is 23.0 Å². The molecule has 38 heavy (non-hydrogen) atoms. The molecule has 2 aliphatic heterocycles. The van der Waals surface area contributed by atoms with E-state index in [4.69, 9.17) is 16.7 Å². The molecule has 0 aliphatic carbocycles. The molecular formula is C27H25N11. The van der Waals surface area contributed by atoms with Crippen molar-refractivity contribution in [2.75, 3.05) is 47.9 Å². The highest BCUT2D eigenvalue weighted by molar-refractivity contribution is 5.98. The van der Waals surface area contributed by atoms with Gasteiger partial charge in [-0.1, -0.05) is 36.4 Å². The molecule has 1 aromatic heterocycles. The van der Waals surface area contributed by atoms with Gasteiger partial charge in [-0.15, -0.1) is 0 Å². The molecule has 5 rings (SSSR count). The number of nitrogen functional groups attached to an aromatic ring is 2. The third kappa shape index (κ3) is 4.60. The largest absolute Gasteiger partial charge is 0.397 e. The van der Waals surface area contributed by atoms with Crippen molar-refractivity contribution in [3.63, 3.8) is 0 Å². The van der Waals surface area contributed by atoms with Crippen LogP contribution in [0.1, 0.15) is 33.9 Å². The van der Waals surface area contributed by atoms with Crippen LogP contribution in [0.3, 0.4) is 0 Å². The van der Waals surface area contributed by atoms with E-state index in [1.165, 1.54) is 5.56 Å². The average molecular weight is 504 g/mol. The summed E-state index contributed by atoms with van der Waals surface area (Å²) in [4.78, 5) is 13.5. The summed E-state index contributed by atoms with van der Waals surface area (Å²) in [5.74, 6) is 0.444. The fraction of sp³-hybridized carbons (Fsp3) is 0.222.